The highest BCUT2D eigenvalue weighted by molar-refractivity contribution is 5.86. The number of rotatable bonds is 0. The van der Waals surface area contributed by atoms with Crippen LogP contribution < -0.4 is 0 Å². The maximum absolute atomic E-state index is 12.1. The van der Waals surface area contributed by atoms with Crippen LogP contribution in [0, 0.1) is 22.7 Å². The predicted molar refractivity (Wildman–Crippen MR) is 60.3 cm³/mol. The van der Waals surface area contributed by atoms with Crippen LogP contribution in [-0.2, 0) is 4.79 Å². The lowest BCUT2D eigenvalue weighted by Gasteiger charge is -2.45. The molecule has 1 nitrogen and oxygen atoms in total. The zero-order valence-electron chi connectivity index (χ0n) is 9.71. The molecule has 0 aliphatic heterocycles. The van der Waals surface area contributed by atoms with E-state index in [4.69, 9.17) is 0 Å². The van der Waals surface area contributed by atoms with Crippen LogP contribution in [0.4, 0.5) is 0 Å². The van der Waals surface area contributed by atoms with Crippen LogP contribution >= 0.6 is 0 Å². The number of Topliss-reactive ketones (excluding diaryl/α,β-unsaturated/α-hetero) is 1. The molecular weight excluding hydrogens is 184 g/mol. The summed E-state index contributed by atoms with van der Waals surface area (Å²) in [5, 5.41) is 0. The van der Waals surface area contributed by atoms with Crippen LogP contribution in [0.2, 0.25) is 0 Å². The topological polar surface area (TPSA) is 17.1 Å². The van der Waals surface area contributed by atoms with Gasteiger partial charge in [0.15, 0.2) is 0 Å². The molecule has 0 spiro atoms. The maximum Gasteiger partial charge on any atom is 0.137 e. The number of carbonyl (C=O) groups excluding carboxylic acids is 1. The van der Waals surface area contributed by atoms with E-state index in [1.54, 1.807) is 0 Å². The van der Waals surface area contributed by atoms with Crippen molar-refractivity contribution >= 4 is 5.78 Å². The Hall–Kier alpha value is -0.850. The largest absolute Gasteiger partial charge is 0.299 e. The average molecular weight is 202 g/mol. The molecule has 0 aromatic rings. The van der Waals surface area contributed by atoms with E-state index in [0.29, 0.717) is 11.7 Å². The summed E-state index contributed by atoms with van der Waals surface area (Å²) >= 11 is 0. The molecule has 2 fully saturated rings. The van der Waals surface area contributed by atoms with Crippen LogP contribution in [0.15, 0.2) is 23.8 Å². The van der Waals surface area contributed by atoms with E-state index in [2.05, 4.69) is 39.0 Å². The fourth-order valence-electron chi connectivity index (χ4n) is 3.97. The Morgan fingerprint density at radius 1 is 1.33 bits per heavy atom. The smallest absolute Gasteiger partial charge is 0.137 e. The normalized spacial score (nSPS) is 45.5. The molecule has 0 unspecified atom stereocenters. The van der Waals surface area contributed by atoms with Crippen molar-refractivity contribution in [3.05, 3.63) is 23.8 Å². The molecule has 3 rings (SSSR count). The lowest BCUT2D eigenvalue weighted by Crippen LogP contribution is -2.39. The molecule has 80 valence electrons. The van der Waals surface area contributed by atoms with Crippen molar-refractivity contribution in [1.29, 1.82) is 0 Å². The SMILES string of the molecule is CC1(C)C2=CC=C[C@H]2[C@@]2(C)CC(=O)[C@@H]1C2. The minimum atomic E-state index is 0.0846. The standard InChI is InChI=1S/C14H18O/c1-13(2)9-5-4-6-10(9)14(3)7-11(13)12(15)8-14/h4-6,10-11H,7-8H2,1-3H3/t10-,11+,14-/m1/s1. The number of ketones is 1. The summed E-state index contributed by atoms with van der Waals surface area (Å²) in [4.78, 5) is 12.1. The highest BCUT2D eigenvalue weighted by Crippen LogP contribution is 2.63. The van der Waals surface area contributed by atoms with E-state index >= 15 is 0 Å². The molecule has 0 aromatic heterocycles. The second kappa shape index (κ2) is 2.45. The highest BCUT2D eigenvalue weighted by atomic mass is 16.1. The van der Waals surface area contributed by atoms with Crippen molar-refractivity contribution in [2.24, 2.45) is 22.7 Å². The van der Waals surface area contributed by atoms with Crippen molar-refractivity contribution in [3.63, 3.8) is 0 Å². The number of fused-ring (bicyclic) bond motifs is 4. The van der Waals surface area contributed by atoms with E-state index in [1.165, 1.54) is 5.57 Å². The third kappa shape index (κ3) is 0.965. The van der Waals surface area contributed by atoms with Gasteiger partial charge in [0.2, 0.25) is 0 Å². The molecule has 1 heteroatoms. The Kier molecular flexibility index (Phi) is 1.53. The molecular formula is C14H18O. The van der Waals surface area contributed by atoms with Gasteiger partial charge < -0.3 is 0 Å². The molecule has 0 amide bonds. The molecule has 0 N–H and O–H groups in total. The fourth-order valence-corrected chi connectivity index (χ4v) is 3.97. The minimum absolute atomic E-state index is 0.0846. The highest BCUT2D eigenvalue weighted by Gasteiger charge is 2.58. The summed E-state index contributed by atoms with van der Waals surface area (Å²) in [5.41, 5.74) is 1.80. The Morgan fingerprint density at radius 2 is 2.07 bits per heavy atom. The Morgan fingerprint density at radius 3 is 2.80 bits per heavy atom. The maximum atomic E-state index is 12.1. The number of carbonyl (C=O) groups is 1. The monoisotopic (exact) mass is 202 g/mol. The molecule has 3 aliphatic carbocycles. The molecule has 15 heavy (non-hydrogen) atoms. The van der Waals surface area contributed by atoms with Gasteiger partial charge in [-0.1, -0.05) is 44.6 Å². The van der Waals surface area contributed by atoms with Crippen LogP contribution in [0.3, 0.4) is 0 Å². The predicted octanol–water partition coefficient (Wildman–Crippen LogP) is 3.12. The third-order valence-electron chi connectivity index (χ3n) is 4.92. The van der Waals surface area contributed by atoms with Crippen molar-refractivity contribution in [2.45, 2.75) is 33.6 Å². The van der Waals surface area contributed by atoms with Crippen LogP contribution in [0.1, 0.15) is 33.6 Å². The first-order chi connectivity index (χ1) is 6.95. The minimum Gasteiger partial charge on any atom is -0.299 e. The number of allylic oxidation sites excluding steroid dienone is 4. The zero-order chi connectivity index (χ0) is 10.8. The first-order valence-electron chi connectivity index (χ1n) is 5.87. The van der Waals surface area contributed by atoms with E-state index in [1.807, 2.05) is 0 Å². The molecule has 0 saturated heterocycles. The Bertz CT molecular complexity index is 400. The second-order valence-corrected chi connectivity index (χ2v) is 6.26. The van der Waals surface area contributed by atoms with Crippen LogP contribution in [0.5, 0.6) is 0 Å². The zero-order valence-corrected chi connectivity index (χ0v) is 9.71. The number of hydrogen-bond acceptors (Lipinski definition) is 1. The van der Waals surface area contributed by atoms with E-state index in [-0.39, 0.29) is 16.7 Å². The van der Waals surface area contributed by atoms with Gasteiger partial charge >= 0.3 is 0 Å². The summed E-state index contributed by atoms with van der Waals surface area (Å²) in [5.74, 6) is 1.28. The number of hydrogen-bond donors (Lipinski definition) is 0. The van der Waals surface area contributed by atoms with Crippen LogP contribution in [0.25, 0.3) is 0 Å². The molecule has 2 bridgehead atoms. The van der Waals surface area contributed by atoms with Crippen molar-refractivity contribution in [2.75, 3.05) is 0 Å². The molecule has 0 aromatic carbocycles. The summed E-state index contributed by atoms with van der Waals surface area (Å²) < 4.78 is 0. The molecule has 0 heterocycles. The molecule has 2 saturated carbocycles. The van der Waals surface area contributed by atoms with Gasteiger partial charge in [0, 0.05) is 18.3 Å². The first-order valence-corrected chi connectivity index (χ1v) is 5.87. The summed E-state index contributed by atoms with van der Waals surface area (Å²) in [6.45, 7) is 6.77. The van der Waals surface area contributed by atoms with Crippen molar-refractivity contribution in [3.8, 4) is 0 Å². The lowest BCUT2D eigenvalue weighted by molar-refractivity contribution is -0.122. The summed E-state index contributed by atoms with van der Waals surface area (Å²) in [7, 11) is 0. The summed E-state index contributed by atoms with van der Waals surface area (Å²) in [6, 6.07) is 0. The van der Waals surface area contributed by atoms with Crippen molar-refractivity contribution in [1.82, 2.24) is 0 Å². The van der Waals surface area contributed by atoms with Gasteiger partial charge in [-0.2, -0.15) is 0 Å². The van der Waals surface area contributed by atoms with Gasteiger partial charge in [-0.05, 0) is 17.3 Å². The Labute approximate surface area is 91.2 Å². The van der Waals surface area contributed by atoms with Crippen LogP contribution in [-0.4, -0.2) is 5.78 Å². The van der Waals surface area contributed by atoms with Gasteiger partial charge in [0.1, 0.15) is 5.78 Å². The first kappa shape index (κ1) is 9.38. The molecule has 3 aliphatic rings. The van der Waals surface area contributed by atoms with Gasteiger partial charge in [-0.15, -0.1) is 0 Å². The quantitative estimate of drug-likeness (QED) is 0.590. The second-order valence-electron chi connectivity index (χ2n) is 6.26. The molecule has 3 atom stereocenters. The molecule has 0 radical (unpaired) electrons. The lowest BCUT2D eigenvalue weighted by atomic mass is 9.58. The average Bonchev–Trinajstić information content (AvgIpc) is 2.68. The van der Waals surface area contributed by atoms with Gasteiger partial charge in [0.25, 0.3) is 0 Å². The van der Waals surface area contributed by atoms with E-state index in [0.717, 1.165) is 12.8 Å². The summed E-state index contributed by atoms with van der Waals surface area (Å²) in [6.07, 6.45) is 8.59. The van der Waals surface area contributed by atoms with E-state index in [9.17, 15) is 4.79 Å². The fraction of sp³-hybridized carbons (Fsp3) is 0.643. The third-order valence-corrected chi connectivity index (χ3v) is 4.92. The van der Waals surface area contributed by atoms with E-state index < -0.39 is 0 Å². The Balaban J connectivity index is 2.16. The van der Waals surface area contributed by atoms with Gasteiger partial charge in [-0.3, -0.25) is 4.79 Å². The van der Waals surface area contributed by atoms with Crippen molar-refractivity contribution < 1.29 is 4.79 Å². The van der Waals surface area contributed by atoms with Gasteiger partial charge in [0.05, 0.1) is 0 Å². The van der Waals surface area contributed by atoms with Gasteiger partial charge in [-0.25, -0.2) is 0 Å².